The first-order valence-corrected chi connectivity index (χ1v) is 6.96. The number of hydrogen-bond acceptors (Lipinski definition) is 5. The van der Waals surface area contributed by atoms with Gasteiger partial charge >= 0.3 is 0 Å². The van der Waals surface area contributed by atoms with Gasteiger partial charge in [-0.15, -0.1) is 0 Å². The van der Waals surface area contributed by atoms with Crippen molar-refractivity contribution in [1.29, 1.82) is 0 Å². The maximum atomic E-state index is 5.79. The van der Waals surface area contributed by atoms with Gasteiger partial charge < -0.3 is 4.74 Å². The molecule has 3 rings (SSSR count). The molecule has 1 saturated heterocycles. The first kappa shape index (κ1) is 13.2. The van der Waals surface area contributed by atoms with Crippen molar-refractivity contribution in [2.24, 2.45) is 0 Å². The van der Waals surface area contributed by atoms with Crippen molar-refractivity contribution in [3.63, 3.8) is 0 Å². The molecule has 2 aromatic rings. The van der Waals surface area contributed by atoms with Gasteiger partial charge in [-0.25, -0.2) is 4.98 Å². The molecule has 0 radical (unpaired) electrons. The standard InChI is InChI=1S/C14H19N5O/c1-2-5-16-13(3-1)4-6-18-7-8-20-14(9-18)10-19-12-15-11-17-19/h1-3,5,11-12,14H,4,6-10H2. The average molecular weight is 273 g/mol. The third-order valence-electron chi connectivity index (χ3n) is 3.49. The SMILES string of the molecule is c1ccc(CCN2CCOC(Cn3cncn3)C2)nc1. The summed E-state index contributed by atoms with van der Waals surface area (Å²) in [4.78, 5) is 10.8. The highest BCUT2D eigenvalue weighted by Crippen LogP contribution is 2.08. The van der Waals surface area contributed by atoms with Gasteiger partial charge in [0.15, 0.2) is 0 Å². The Labute approximate surface area is 118 Å². The molecule has 0 spiro atoms. The lowest BCUT2D eigenvalue weighted by atomic mass is 10.2. The number of rotatable bonds is 5. The Morgan fingerprint density at radius 2 is 2.35 bits per heavy atom. The molecule has 0 bridgehead atoms. The normalized spacial score (nSPS) is 20.1. The lowest BCUT2D eigenvalue weighted by Gasteiger charge is -2.32. The smallest absolute Gasteiger partial charge is 0.137 e. The predicted molar refractivity (Wildman–Crippen MR) is 74.1 cm³/mol. The fourth-order valence-corrected chi connectivity index (χ4v) is 2.45. The van der Waals surface area contributed by atoms with Crippen LogP contribution < -0.4 is 0 Å². The van der Waals surface area contributed by atoms with Gasteiger partial charge in [-0.2, -0.15) is 5.10 Å². The van der Waals surface area contributed by atoms with Crippen molar-refractivity contribution in [2.45, 2.75) is 19.1 Å². The molecular weight excluding hydrogens is 254 g/mol. The zero-order chi connectivity index (χ0) is 13.6. The van der Waals surface area contributed by atoms with Gasteiger partial charge in [0.2, 0.25) is 0 Å². The summed E-state index contributed by atoms with van der Waals surface area (Å²) in [5.41, 5.74) is 1.15. The van der Waals surface area contributed by atoms with Crippen molar-refractivity contribution in [3.8, 4) is 0 Å². The van der Waals surface area contributed by atoms with E-state index in [1.165, 1.54) is 0 Å². The predicted octanol–water partition coefficient (Wildman–Crippen LogP) is 0.617. The molecule has 6 heteroatoms. The van der Waals surface area contributed by atoms with Gasteiger partial charge in [0.05, 0.1) is 19.3 Å². The zero-order valence-corrected chi connectivity index (χ0v) is 11.4. The monoisotopic (exact) mass is 273 g/mol. The number of aromatic nitrogens is 4. The van der Waals surface area contributed by atoms with E-state index in [1.54, 1.807) is 12.7 Å². The molecule has 6 nitrogen and oxygen atoms in total. The second-order valence-electron chi connectivity index (χ2n) is 4.98. The highest BCUT2D eigenvalue weighted by Gasteiger charge is 2.20. The van der Waals surface area contributed by atoms with E-state index in [2.05, 4.69) is 26.0 Å². The Kier molecular flexibility index (Phi) is 4.35. The number of nitrogens with zero attached hydrogens (tertiary/aromatic N) is 5. The zero-order valence-electron chi connectivity index (χ0n) is 11.4. The fraction of sp³-hybridized carbons (Fsp3) is 0.500. The minimum absolute atomic E-state index is 0.189. The summed E-state index contributed by atoms with van der Waals surface area (Å²) < 4.78 is 7.61. The van der Waals surface area contributed by atoms with Crippen LogP contribution in [0.1, 0.15) is 5.69 Å². The summed E-state index contributed by atoms with van der Waals surface area (Å²) in [7, 11) is 0. The summed E-state index contributed by atoms with van der Waals surface area (Å²) in [5, 5.41) is 4.13. The number of ether oxygens (including phenoxy) is 1. The van der Waals surface area contributed by atoms with Gasteiger partial charge in [0, 0.05) is 37.9 Å². The van der Waals surface area contributed by atoms with Crippen LogP contribution >= 0.6 is 0 Å². The lowest BCUT2D eigenvalue weighted by molar-refractivity contribution is -0.0371. The Balaban J connectivity index is 1.48. The van der Waals surface area contributed by atoms with Crippen LogP contribution in [0.3, 0.4) is 0 Å². The van der Waals surface area contributed by atoms with E-state index in [9.17, 15) is 0 Å². The van der Waals surface area contributed by atoms with E-state index in [1.807, 2.05) is 23.0 Å². The molecular formula is C14H19N5O. The van der Waals surface area contributed by atoms with Crippen LogP contribution in [0.15, 0.2) is 37.1 Å². The molecule has 1 atom stereocenters. The Hall–Kier alpha value is -1.79. The molecule has 1 aliphatic rings. The Morgan fingerprint density at radius 3 is 3.15 bits per heavy atom. The minimum atomic E-state index is 0.189. The number of pyridine rings is 1. The van der Waals surface area contributed by atoms with E-state index >= 15 is 0 Å². The molecule has 0 N–H and O–H groups in total. The van der Waals surface area contributed by atoms with Crippen LogP contribution in [-0.2, 0) is 17.7 Å². The minimum Gasteiger partial charge on any atom is -0.374 e. The van der Waals surface area contributed by atoms with E-state index in [4.69, 9.17) is 4.74 Å². The molecule has 0 aliphatic carbocycles. The van der Waals surface area contributed by atoms with Gasteiger partial charge in [0.1, 0.15) is 12.7 Å². The molecule has 2 aromatic heterocycles. The third kappa shape index (κ3) is 3.61. The second kappa shape index (κ2) is 6.58. The first-order valence-electron chi connectivity index (χ1n) is 6.96. The van der Waals surface area contributed by atoms with Crippen molar-refractivity contribution < 1.29 is 4.74 Å². The van der Waals surface area contributed by atoms with E-state index in [0.717, 1.165) is 44.9 Å². The Morgan fingerprint density at radius 1 is 1.35 bits per heavy atom. The van der Waals surface area contributed by atoms with Crippen LogP contribution in [0.2, 0.25) is 0 Å². The average Bonchev–Trinajstić information content (AvgIpc) is 3.00. The van der Waals surface area contributed by atoms with Gasteiger partial charge in [-0.3, -0.25) is 14.6 Å². The Bertz CT molecular complexity index is 502. The molecule has 20 heavy (non-hydrogen) atoms. The van der Waals surface area contributed by atoms with Crippen LogP contribution in [0.25, 0.3) is 0 Å². The van der Waals surface area contributed by atoms with Crippen LogP contribution in [0.4, 0.5) is 0 Å². The van der Waals surface area contributed by atoms with Crippen LogP contribution in [0.5, 0.6) is 0 Å². The van der Waals surface area contributed by atoms with E-state index in [0.29, 0.717) is 0 Å². The molecule has 106 valence electrons. The lowest BCUT2D eigenvalue weighted by Crippen LogP contribution is -2.45. The highest BCUT2D eigenvalue weighted by molar-refractivity contribution is 5.03. The van der Waals surface area contributed by atoms with Crippen molar-refractivity contribution in [2.75, 3.05) is 26.2 Å². The van der Waals surface area contributed by atoms with Crippen LogP contribution in [-0.4, -0.2) is 57.0 Å². The van der Waals surface area contributed by atoms with Crippen molar-refractivity contribution in [1.82, 2.24) is 24.6 Å². The summed E-state index contributed by atoms with van der Waals surface area (Å²) in [6.07, 6.45) is 6.31. The summed E-state index contributed by atoms with van der Waals surface area (Å²) >= 11 is 0. The third-order valence-corrected chi connectivity index (χ3v) is 3.49. The summed E-state index contributed by atoms with van der Waals surface area (Å²) in [6, 6.07) is 6.06. The maximum Gasteiger partial charge on any atom is 0.137 e. The summed E-state index contributed by atoms with van der Waals surface area (Å²) in [5.74, 6) is 0. The molecule has 3 heterocycles. The second-order valence-corrected chi connectivity index (χ2v) is 4.98. The summed E-state index contributed by atoms with van der Waals surface area (Å²) in [6.45, 7) is 4.49. The molecule has 1 unspecified atom stereocenters. The quantitative estimate of drug-likeness (QED) is 0.799. The first-order chi connectivity index (χ1) is 9.90. The highest BCUT2D eigenvalue weighted by atomic mass is 16.5. The van der Waals surface area contributed by atoms with E-state index in [-0.39, 0.29) is 6.10 Å². The molecule has 0 amide bonds. The molecule has 0 aromatic carbocycles. The molecule has 1 aliphatic heterocycles. The van der Waals surface area contributed by atoms with Gasteiger partial charge in [-0.1, -0.05) is 6.07 Å². The van der Waals surface area contributed by atoms with E-state index < -0.39 is 0 Å². The maximum absolute atomic E-state index is 5.79. The fourth-order valence-electron chi connectivity index (χ4n) is 2.45. The topological polar surface area (TPSA) is 56.1 Å². The number of hydrogen-bond donors (Lipinski definition) is 0. The van der Waals surface area contributed by atoms with Gasteiger partial charge in [-0.05, 0) is 12.1 Å². The van der Waals surface area contributed by atoms with Crippen molar-refractivity contribution >= 4 is 0 Å². The van der Waals surface area contributed by atoms with Gasteiger partial charge in [0.25, 0.3) is 0 Å². The molecule has 1 fully saturated rings. The largest absolute Gasteiger partial charge is 0.374 e. The van der Waals surface area contributed by atoms with Crippen molar-refractivity contribution in [3.05, 3.63) is 42.7 Å². The number of morpholine rings is 1. The van der Waals surface area contributed by atoms with Crippen LogP contribution in [0, 0.1) is 0 Å². The molecule has 0 saturated carbocycles.